The van der Waals surface area contributed by atoms with Crippen LogP contribution in [0.5, 0.6) is 0 Å². The van der Waals surface area contributed by atoms with Gasteiger partial charge in [-0.15, -0.1) is 6.42 Å². The SMILES string of the molecule is C#CCNCCC.C=C(C)c1ccc(CCCCC)cc1.CCCc1ccc(C(C)(C)C)cc1. The molecule has 2 aromatic carbocycles. The van der Waals surface area contributed by atoms with Gasteiger partial charge in [-0.05, 0) is 66.8 Å². The normalized spacial score (nSPS) is 10.3. The van der Waals surface area contributed by atoms with Gasteiger partial charge in [0, 0.05) is 0 Å². The molecule has 0 saturated carbocycles. The Morgan fingerprint density at radius 3 is 1.82 bits per heavy atom. The molecule has 0 saturated heterocycles. The van der Waals surface area contributed by atoms with Crippen molar-refractivity contribution in [2.45, 2.75) is 98.8 Å². The quantitative estimate of drug-likeness (QED) is 0.275. The highest BCUT2D eigenvalue weighted by Crippen LogP contribution is 2.22. The molecule has 0 bridgehead atoms. The van der Waals surface area contributed by atoms with E-state index >= 15 is 0 Å². The number of benzene rings is 2. The minimum atomic E-state index is 0.282. The van der Waals surface area contributed by atoms with E-state index in [9.17, 15) is 0 Å². The molecule has 0 aliphatic heterocycles. The summed E-state index contributed by atoms with van der Waals surface area (Å²) < 4.78 is 0. The molecular weight excluding hydrogens is 410 g/mol. The molecule has 34 heavy (non-hydrogen) atoms. The lowest BCUT2D eigenvalue weighted by Gasteiger charge is -2.19. The lowest BCUT2D eigenvalue weighted by atomic mass is 9.86. The van der Waals surface area contributed by atoms with Crippen LogP contribution < -0.4 is 5.32 Å². The molecule has 0 amide bonds. The van der Waals surface area contributed by atoms with E-state index in [1.54, 1.807) is 0 Å². The van der Waals surface area contributed by atoms with Crippen molar-refractivity contribution in [2.75, 3.05) is 13.1 Å². The van der Waals surface area contributed by atoms with Crippen LogP contribution in [-0.2, 0) is 18.3 Å². The van der Waals surface area contributed by atoms with Gasteiger partial charge >= 0.3 is 0 Å². The predicted molar refractivity (Wildman–Crippen MR) is 156 cm³/mol. The Morgan fingerprint density at radius 2 is 1.38 bits per heavy atom. The summed E-state index contributed by atoms with van der Waals surface area (Å²) in [6.07, 6.45) is 13.7. The van der Waals surface area contributed by atoms with Crippen LogP contribution in [0, 0.1) is 12.3 Å². The number of unbranched alkanes of at least 4 members (excludes halogenated alkanes) is 2. The fraction of sp³-hybridized carbons (Fsp3) is 0.515. The summed E-state index contributed by atoms with van der Waals surface area (Å²) in [4.78, 5) is 0. The number of hydrogen-bond acceptors (Lipinski definition) is 1. The van der Waals surface area contributed by atoms with Crippen LogP contribution in [0.4, 0.5) is 0 Å². The maximum Gasteiger partial charge on any atom is 0.0573 e. The van der Waals surface area contributed by atoms with Crippen LogP contribution in [-0.4, -0.2) is 13.1 Å². The molecule has 1 nitrogen and oxygen atoms in total. The van der Waals surface area contributed by atoms with Crippen molar-refractivity contribution >= 4 is 5.57 Å². The standard InChI is InChI=1S/C14H20.C13H20.C6H11N/c1-4-5-6-7-13-8-10-14(11-9-13)12(2)3;1-5-6-11-7-9-12(10-8-11)13(2,3)4;1-3-5-7-6-4-2/h8-11H,2,4-7H2,1,3H3;7-10H,5-6H2,1-4H3;1,7H,4-6H2,2H3. The lowest BCUT2D eigenvalue weighted by molar-refractivity contribution is 0.590. The molecule has 188 valence electrons. The summed E-state index contributed by atoms with van der Waals surface area (Å²) in [7, 11) is 0. The second-order valence-corrected chi connectivity index (χ2v) is 10.0. The number of rotatable bonds is 10. The zero-order valence-corrected chi connectivity index (χ0v) is 23.3. The highest BCUT2D eigenvalue weighted by molar-refractivity contribution is 5.61. The molecule has 0 radical (unpaired) electrons. The summed E-state index contributed by atoms with van der Waals surface area (Å²) in [5, 5.41) is 3.05. The van der Waals surface area contributed by atoms with E-state index in [0.717, 1.165) is 18.5 Å². The predicted octanol–water partition coefficient (Wildman–Crippen LogP) is 9.01. The van der Waals surface area contributed by atoms with Gasteiger partial charge < -0.3 is 5.32 Å². The molecule has 2 rings (SSSR count). The van der Waals surface area contributed by atoms with Crippen LogP contribution in [0.1, 0.15) is 103 Å². The van der Waals surface area contributed by atoms with E-state index in [2.05, 4.69) is 108 Å². The van der Waals surface area contributed by atoms with Crippen LogP contribution in [0.25, 0.3) is 5.57 Å². The summed E-state index contributed by atoms with van der Waals surface area (Å²) in [6, 6.07) is 17.8. The lowest BCUT2D eigenvalue weighted by Crippen LogP contribution is -2.13. The first-order chi connectivity index (χ1) is 16.2. The molecule has 0 aliphatic rings. The smallest absolute Gasteiger partial charge is 0.0573 e. The number of nitrogens with one attached hydrogen (secondary N) is 1. The van der Waals surface area contributed by atoms with Crippen LogP contribution >= 0.6 is 0 Å². The number of aryl methyl sites for hydroxylation is 2. The van der Waals surface area contributed by atoms with E-state index < -0.39 is 0 Å². The molecule has 0 heterocycles. The van der Waals surface area contributed by atoms with Crippen molar-refractivity contribution < 1.29 is 0 Å². The first-order valence-electron chi connectivity index (χ1n) is 13.2. The van der Waals surface area contributed by atoms with Gasteiger partial charge in [0.1, 0.15) is 0 Å². The maximum atomic E-state index is 4.96. The molecule has 0 spiro atoms. The molecule has 0 fully saturated rings. The summed E-state index contributed by atoms with van der Waals surface area (Å²) in [5.74, 6) is 2.49. The van der Waals surface area contributed by atoms with E-state index in [-0.39, 0.29) is 5.41 Å². The van der Waals surface area contributed by atoms with E-state index in [1.807, 2.05) is 6.92 Å². The molecule has 0 aliphatic carbocycles. The van der Waals surface area contributed by atoms with Gasteiger partial charge in [0.25, 0.3) is 0 Å². The van der Waals surface area contributed by atoms with Gasteiger partial charge in [0.2, 0.25) is 0 Å². The Bertz CT molecular complexity index is 798. The van der Waals surface area contributed by atoms with Crippen molar-refractivity contribution in [1.82, 2.24) is 5.32 Å². The number of allylic oxidation sites excluding steroid dienone is 1. The topological polar surface area (TPSA) is 12.0 Å². The van der Waals surface area contributed by atoms with Crippen molar-refractivity contribution in [1.29, 1.82) is 0 Å². The molecule has 1 heteroatoms. The Hall–Kier alpha value is -2.30. The molecule has 0 atom stereocenters. The first kappa shape index (κ1) is 31.7. The Labute approximate surface area is 212 Å². The molecule has 2 aromatic rings. The fourth-order valence-corrected chi connectivity index (χ4v) is 3.33. The Kier molecular flexibility index (Phi) is 17.8. The van der Waals surface area contributed by atoms with Crippen molar-refractivity contribution in [3.63, 3.8) is 0 Å². The van der Waals surface area contributed by atoms with Gasteiger partial charge in [0.15, 0.2) is 0 Å². The Morgan fingerprint density at radius 1 is 0.824 bits per heavy atom. The van der Waals surface area contributed by atoms with Gasteiger partial charge in [0.05, 0.1) is 6.54 Å². The zero-order valence-electron chi connectivity index (χ0n) is 23.3. The van der Waals surface area contributed by atoms with E-state index in [1.165, 1.54) is 60.8 Å². The monoisotopic (exact) mass is 461 g/mol. The zero-order chi connectivity index (χ0) is 25.8. The second-order valence-electron chi connectivity index (χ2n) is 10.0. The molecule has 0 unspecified atom stereocenters. The Balaban J connectivity index is 0.000000509. The minimum absolute atomic E-state index is 0.282. The third-order valence-electron chi connectivity index (χ3n) is 5.53. The highest BCUT2D eigenvalue weighted by atomic mass is 14.8. The fourth-order valence-electron chi connectivity index (χ4n) is 3.33. The second kappa shape index (κ2) is 19.1. The minimum Gasteiger partial charge on any atom is -0.306 e. The summed E-state index contributed by atoms with van der Waals surface area (Å²) >= 11 is 0. The van der Waals surface area contributed by atoms with E-state index in [4.69, 9.17) is 6.42 Å². The average molecular weight is 462 g/mol. The highest BCUT2D eigenvalue weighted by Gasteiger charge is 2.12. The van der Waals surface area contributed by atoms with Gasteiger partial charge in [-0.25, -0.2) is 0 Å². The number of hydrogen-bond donors (Lipinski definition) is 1. The summed E-state index contributed by atoms with van der Waals surface area (Å²) in [5.41, 5.74) is 7.01. The third kappa shape index (κ3) is 15.5. The van der Waals surface area contributed by atoms with Crippen LogP contribution in [0.2, 0.25) is 0 Å². The molecule has 1 N–H and O–H groups in total. The third-order valence-corrected chi connectivity index (χ3v) is 5.53. The average Bonchev–Trinajstić information content (AvgIpc) is 2.81. The van der Waals surface area contributed by atoms with Crippen LogP contribution in [0.15, 0.2) is 55.1 Å². The molecule has 0 aromatic heterocycles. The maximum absolute atomic E-state index is 4.96. The largest absolute Gasteiger partial charge is 0.306 e. The van der Waals surface area contributed by atoms with Crippen molar-refractivity contribution in [3.05, 3.63) is 77.4 Å². The van der Waals surface area contributed by atoms with Crippen molar-refractivity contribution in [3.8, 4) is 12.3 Å². The van der Waals surface area contributed by atoms with Crippen LogP contribution in [0.3, 0.4) is 0 Å². The molecular formula is C33H51N. The van der Waals surface area contributed by atoms with Crippen molar-refractivity contribution in [2.24, 2.45) is 0 Å². The van der Waals surface area contributed by atoms with Gasteiger partial charge in [-0.2, -0.15) is 0 Å². The number of terminal acetylenes is 1. The van der Waals surface area contributed by atoms with Gasteiger partial charge in [-0.1, -0.05) is 127 Å². The van der Waals surface area contributed by atoms with Gasteiger partial charge in [-0.3, -0.25) is 0 Å². The summed E-state index contributed by atoms with van der Waals surface area (Å²) in [6.45, 7) is 21.0. The first-order valence-corrected chi connectivity index (χ1v) is 13.2. The van der Waals surface area contributed by atoms with E-state index in [0.29, 0.717) is 6.54 Å².